The first-order valence-electron chi connectivity index (χ1n) is 8.24. The van der Waals surface area contributed by atoms with Gasteiger partial charge in [0.05, 0.1) is 10.8 Å². The quantitative estimate of drug-likeness (QED) is 0.354. The predicted octanol–water partition coefficient (Wildman–Crippen LogP) is 2.65. The number of rotatable bonds is 7. The molecule has 3 heterocycles. The van der Waals surface area contributed by atoms with Crippen molar-refractivity contribution >= 4 is 17.4 Å². The molecule has 10 nitrogen and oxygen atoms in total. The van der Waals surface area contributed by atoms with E-state index in [9.17, 15) is 10.1 Å². The summed E-state index contributed by atoms with van der Waals surface area (Å²) in [6.07, 6.45) is 1.91. The first-order valence-corrected chi connectivity index (χ1v) is 9.23. The number of aryl methyl sites for hydroxylation is 2. The van der Waals surface area contributed by atoms with E-state index in [0.717, 1.165) is 17.4 Å². The molecule has 0 atom stereocenters. The fourth-order valence-corrected chi connectivity index (χ4v) is 3.68. The van der Waals surface area contributed by atoms with Crippen molar-refractivity contribution in [2.75, 3.05) is 0 Å². The predicted molar refractivity (Wildman–Crippen MR) is 96.8 cm³/mol. The van der Waals surface area contributed by atoms with E-state index in [1.807, 2.05) is 35.4 Å². The van der Waals surface area contributed by atoms with Crippen LogP contribution >= 0.6 is 11.8 Å². The van der Waals surface area contributed by atoms with Crippen molar-refractivity contribution in [3.63, 3.8) is 0 Å². The Balaban J connectivity index is 1.83. The van der Waals surface area contributed by atoms with Crippen LogP contribution in [0, 0.1) is 24.0 Å². The Bertz CT molecular complexity index is 942. The van der Waals surface area contributed by atoms with E-state index in [4.69, 9.17) is 0 Å². The average Bonchev–Trinajstić information content (AvgIpc) is 3.29. The van der Waals surface area contributed by atoms with Crippen molar-refractivity contribution in [2.24, 2.45) is 0 Å². The van der Waals surface area contributed by atoms with E-state index in [0.29, 0.717) is 29.6 Å². The lowest BCUT2D eigenvalue weighted by molar-refractivity contribution is -0.386. The van der Waals surface area contributed by atoms with E-state index in [1.54, 1.807) is 18.5 Å². The zero-order valence-electron chi connectivity index (χ0n) is 15.1. The summed E-state index contributed by atoms with van der Waals surface area (Å²) in [5.41, 5.74) is 1.78. The Morgan fingerprint density at radius 1 is 1.19 bits per heavy atom. The van der Waals surface area contributed by atoms with Crippen LogP contribution in [0.4, 0.5) is 5.69 Å². The van der Waals surface area contributed by atoms with Gasteiger partial charge in [0.15, 0.2) is 11.0 Å². The molecular weight excluding hydrogens is 356 g/mol. The van der Waals surface area contributed by atoms with E-state index >= 15 is 0 Å². The summed E-state index contributed by atoms with van der Waals surface area (Å²) < 4.78 is 5.44. The largest absolute Gasteiger partial charge is 0.312 e. The van der Waals surface area contributed by atoms with Crippen LogP contribution in [0.3, 0.4) is 0 Å². The number of hydrogen-bond acceptors (Lipinski definition) is 7. The molecule has 0 saturated heterocycles. The third-order valence-electron chi connectivity index (χ3n) is 4.07. The van der Waals surface area contributed by atoms with Gasteiger partial charge in [-0.1, -0.05) is 11.8 Å². The smallest absolute Gasteiger partial charge is 0.301 e. The molecule has 0 bridgehead atoms. The van der Waals surface area contributed by atoms with Crippen molar-refractivity contribution in [3.05, 3.63) is 33.8 Å². The molecule has 0 saturated carbocycles. The number of nitrogens with zero attached hydrogens (tertiary/aromatic N) is 8. The molecule has 0 aliphatic heterocycles. The van der Waals surface area contributed by atoms with Crippen LogP contribution in [-0.2, 0) is 19.0 Å². The van der Waals surface area contributed by atoms with Crippen LogP contribution in [0.1, 0.15) is 25.2 Å². The summed E-state index contributed by atoms with van der Waals surface area (Å²) in [5, 5.41) is 29.1. The van der Waals surface area contributed by atoms with Gasteiger partial charge in [-0.3, -0.25) is 19.5 Å². The lowest BCUT2D eigenvalue weighted by atomic mass is 10.3. The minimum absolute atomic E-state index is 0.0633. The summed E-state index contributed by atoms with van der Waals surface area (Å²) in [4.78, 5) is 10.7. The lowest BCUT2D eigenvalue weighted by Gasteiger charge is -2.06. The molecule has 0 unspecified atom stereocenters. The zero-order chi connectivity index (χ0) is 18.8. The third kappa shape index (κ3) is 3.21. The van der Waals surface area contributed by atoms with Gasteiger partial charge in [0, 0.05) is 19.3 Å². The molecule has 0 aliphatic carbocycles. The van der Waals surface area contributed by atoms with Gasteiger partial charge in [-0.15, -0.1) is 10.2 Å². The summed E-state index contributed by atoms with van der Waals surface area (Å²) in [5.74, 6) is 1.13. The Morgan fingerprint density at radius 2 is 1.96 bits per heavy atom. The van der Waals surface area contributed by atoms with Gasteiger partial charge in [0.2, 0.25) is 0 Å². The minimum atomic E-state index is -0.393. The van der Waals surface area contributed by atoms with Crippen molar-refractivity contribution in [1.82, 2.24) is 34.3 Å². The first-order chi connectivity index (χ1) is 12.5. The van der Waals surface area contributed by atoms with Gasteiger partial charge in [-0.25, -0.2) is 0 Å². The van der Waals surface area contributed by atoms with Gasteiger partial charge < -0.3 is 4.57 Å². The Labute approximate surface area is 154 Å². The van der Waals surface area contributed by atoms with Crippen LogP contribution in [0.2, 0.25) is 0 Å². The summed E-state index contributed by atoms with van der Waals surface area (Å²) in [7, 11) is 0. The monoisotopic (exact) mass is 376 g/mol. The Hall–Kier alpha value is -2.69. The molecule has 0 aliphatic rings. The van der Waals surface area contributed by atoms with E-state index in [2.05, 4.69) is 20.4 Å². The van der Waals surface area contributed by atoms with Gasteiger partial charge in [0.1, 0.15) is 17.1 Å². The fourth-order valence-electron chi connectivity index (χ4n) is 2.72. The third-order valence-corrected chi connectivity index (χ3v) is 5.00. The standard InChI is InChI=1S/C15H20N8O2S/c1-5-20-8-7-12(19-20)14-16-17-15(21(14)6-2)26-9-22-11(4)13(23(24)25)10(3)18-22/h7-8H,5-6,9H2,1-4H3. The second kappa shape index (κ2) is 7.28. The SMILES string of the molecule is CCn1ccc(-c2nnc(SCn3nc(C)c([N+](=O)[O-])c3C)n2CC)n1. The number of thioether (sulfide) groups is 1. The van der Waals surface area contributed by atoms with Crippen LogP contribution in [0.5, 0.6) is 0 Å². The first kappa shape index (κ1) is 18.1. The van der Waals surface area contributed by atoms with Gasteiger partial charge in [-0.2, -0.15) is 10.2 Å². The maximum atomic E-state index is 11.1. The molecule has 26 heavy (non-hydrogen) atoms. The lowest BCUT2D eigenvalue weighted by Crippen LogP contribution is -2.04. The molecule has 138 valence electrons. The average molecular weight is 376 g/mol. The highest BCUT2D eigenvalue weighted by molar-refractivity contribution is 7.98. The molecule has 11 heteroatoms. The van der Waals surface area contributed by atoms with Crippen molar-refractivity contribution in [2.45, 2.75) is 51.8 Å². The van der Waals surface area contributed by atoms with E-state index in [1.165, 1.54) is 11.8 Å². The molecule has 0 aromatic carbocycles. The highest BCUT2D eigenvalue weighted by atomic mass is 32.2. The summed E-state index contributed by atoms with van der Waals surface area (Å²) in [6, 6.07) is 1.92. The molecule has 3 rings (SSSR count). The zero-order valence-corrected chi connectivity index (χ0v) is 15.9. The van der Waals surface area contributed by atoms with Crippen LogP contribution < -0.4 is 0 Å². The van der Waals surface area contributed by atoms with Crippen LogP contribution in [-0.4, -0.2) is 39.2 Å². The molecule has 3 aromatic heterocycles. The van der Waals surface area contributed by atoms with E-state index < -0.39 is 4.92 Å². The number of nitro groups is 1. The molecule has 0 fully saturated rings. The Morgan fingerprint density at radius 3 is 2.54 bits per heavy atom. The van der Waals surface area contributed by atoms with Crippen molar-refractivity contribution < 1.29 is 4.92 Å². The van der Waals surface area contributed by atoms with Crippen molar-refractivity contribution in [1.29, 1.82) is 0 Å². The summed E-state index contributed by atoms with van der Waals surface area (Å²) in [6.45, 7) is 8.87. The highest BCUT2D eigenvalue weighted by Gasteiger charge is 2.22. The molecule has 0 amide bonds. The maximum Gasteiger partial charge on any atom is 0.312 e. The normalized spacial score (nSPS) is 11.2. The Kier molecular flexibility index (Phi) is 5.07. The van der Waals surface area contributed by atoms with Crippen LogP contribution in [0.25, 0.3) is 11.5 Å². The molecule has 0 N–H and O–H groups in total. The molecular formula is C15H20N8O2S. The molecule has 3 aromatic rings. The highest BCUT2D eigenvalue weighted by Crippen LogP contribution is 2.27. The molecule has 0 radical (unpaired) electrons. The summed E-state index contributed by atoms with van der Waals surface area (Å²) >= 11 is 1.43. The second-order valence-electron chi connectivity index (χ2n) is 5.66. The fraction of sp³-hybridized carbons (Fsp3) is 0.467. The number of hydrogen-bond donors (Lipinski definition) is 0. The van der Waals surface area contributed by atoms with Crippen molar-refractivity contribution in [3.8, 4) is 11.5 Å². The topological polar surface area (TPSA) is 109 Å². The number of aromatic nitrogens is 7. The van der Waals surface area contributed by atoms with Gasteiger partial charge >= 0.3 is 5.69 Å². The van der Waals surface area contributed by atoms with Gasteiger partial charge in [0.25, 0.3) is 0 Å². The van der Waals surface area contributed by atoms with Crippen LogP contribution in [0.15, 0.2) is 17.4 Å². The van der Waals surface area contributed by atoms with E-state index in [-0.39, 0.29) is 5.69 Å². The maximum absolute atomic E-state index is 11.1. The molecule has 0 spiro atoms. The second-order valence-corrected chi connectivity index (χ2v) is 6.57. The minimum Gasteiger partial charge on any atom is -0.301 e. The van der Waals surface area contributed by atoms with Gasteiger partial charge in [-0.05, 0) is 33.8 Å².